The number of nitrogens with one attached hydrogen (secondary N) is 9. The number of unbranched alkanes of at least 4 members (excludes halogenated alkanes) is 1. The third-order valence-electron chi connectivity index (χ3n) is 13.4. The number of likely N-dealkylation sites (N-methyl/N-ethyl adjacent to an activating group) is 1. The maximum absolute atomic E-state index is 13.7. The summed E-state index contributed by atoms with van der Waals surface area (Å²) in [7, 11) is 5.50. The summed E-state index contributed by atoms with van der Waals surface area (Å²) in [4.78, 5) is 122. The van der Waals surface area contributed by atoms with Crippen LogP contribution >= 0.6 is 0 Å². The van der Waals surface area contributed by atoms with Gasteiger partial charge in [0, 0.05) is 25.4 Å². The minimum absolute atomic E-state index is 0.0512. The Balaban J connectivity index is 1.55. The standard InChI is InChI=1S/C57H90N10O11/c1-14-16-19-40(18-15-2)48(71)62-44(35-78-42-26-22-39(23-27-42)38-20-24-41(77-13)25-21-38)49(72)59-34-47(70)63-54(5,6)52(75)60-33-46(69)61-43(32-37(3)4)50(73)65-56(9,10)53(76)66-55(7,8)51(74)58-31-28-45(68)64-57(29-17-30-57)36-67(11)12/h20-27,37,40,43-44H,14-19,28-36H2,1-13H3,(H,58,74)(H,59,72)(H,60,75)(H,61,69)(H,62,71)(H,63,70)(H,64,68)(H,65,73)(H,66,76)/t40-,43?,44?/m0/s1. The van der Waals surface area contributed by atoms with E-state index in [1.54, 1.807) is 19.2 Å². The Kier molecular flexibility index (Phi) is 25.5. The van der Waals surface area contributed by atoms with Crippen molar-refractivity contribution >= 4 is 53.2 Å². The van der Waals surface area contributed by atoms with Gasteiger partial charge in [0.05, 0.1) is 25.7 Å². The van der Waals surface area contributed by atoms with Crippen molar-refractivity contribution < 1.29 is 52.6 Å². The third kappa shape index (κ3) is 21.6. The van der Waals surface area contributed by atoms with Gasteiger partial charge in [-0.3, -0.25) is 43.2 Å². The van der Waals surface area contributed by atoms with Crippen LogP contribution in [0.15, 0.2) is 48.5 Å². The van der Waals surface area contributed by atoms with E-state index >= 15 is 0 Å². The van der Waals surface area contributed by atoms with E-state index in [-0.39, 0.29) is 55.2 Å². The lowest BCUT2D eigenvalue weighted by Gasteiger charge is -2.44. The van der Waals surface area contributed by atoms with Gasteiger partial charge in [0.2, 0.25) is 53.2 Å². The third-order valence-corrected chi connectivity index (χ3v) is 13.4. The normalized spacial score (nSPS) is 14.3. The molecule has 9 N–H and O–H groups in total. The van der Waals surface area contributed by atoms with Gasteiger partial charge < -0.3 is 62.2 Å². The molecule has 1 fully saturated rings. The monoisotopic (exact) mass is 1090 g/mol. The smallest absolute Gasteiger partial charge is 0.246 e. The number of rotatable bonds is 33. The molecule has 21 heteroatoms. The molecule has 2 aromatic rings. The quantitative estimate of drug-likeness (QED) is 0.0498. The average Bonchev–Trinajstić information content (AvgIpc) is 3.35. The molecule has 1 aliphatic rings. The van der Waals surface area contributed by atoms with Gasteiger partial charge in [0.25, 0.3) is 0 Å². The summed E-state index contributed by atoms with van der Waals surface area (Å²) in [6, 6.07) is 12.5. The topological polar surface area (TPSA) is 284 Å². The predicted octanol–water partition coefficient (Wildman–Crippen LogP) is 3.39. The van der Waals surface area contributed by atoms with E-state index in [1.807, 2.05) is 83.1 Å². The van der Waals surface area contributed by atoms with Crippen molar-refractivity contribution in [3.63, 3.8) is 0 Å². The fourth-order valence-electron chi connectivity index (χ4n) is 8.80. The maximum Gasteiger partial charge on any atom is 0.246 e. The van der Waals surface area contributed by atoms with E-state index in [9.17, 15) is 43.2 Å². The van der Waals surface area contributed by atoms with Gasteiger partial charge in [-0.25, -0.2) is 0 Å². The van der Waals surface area contributed by atoms with Gasteiger partial charge in [-0.05, 0) is 135 Å². The first-order valence-corrected chi connectivity index (χ1v) is 27.3. The van der Waals surface area contributed by atoms with E-state index in [0.717, 1.165) is 61.9 Å². The second-order valence-electron chi connectivity index (χ2n) is 22.7. The maximum atomic E-state index is 13.7. The van der Waals surface area contributed by atoms with Crippen molar-refractivity contribution in [2.24, 2.45) is 11.8 Å². The number of benzene rings is 2. The number of methoxy groups -OCH3 is 1. The van der Waals surface area contributed by atoms with Crippen LogP contribution in [0.25, 0.3) is 11.1 Å². The summed E-state index contributed by atoms with van der Waals surface area (Å²) >= 11 is 0. The van der Waals surface area contributed by atoms with Crippen molar-refractivity contribution in [1.82, 2.24) is 52.8 Å². The molecule has 0 heterocycles. The van der Waals surface area contributed by atoms with Crippen LogP contribution in [0.2, 0.25) is 0 Å². The second kappa shape index (κ2) is 30.4. The van der Waals surface area contributed by atoms with Crippen molar-refractivity contribution in [3.05, 3.63) is 48.5 Å². The van der Waals surface area contributed by atoms with Crippen LogP contribution in [0.1, 0.15) is 133 Å². The zero-order valence-electron chi connectivity index (χ0n) is 48.5. The Bertz CT molecular complexity index is 2350. The first-order valence-electron chi connectivity index (χ1n) is 27.3. The lowest BCUT2D eigenvalue weighted by Crippen LogP contribution is -2.64. The molecule has 0 aromatic heterocycles. The average molecular weight is 1090 g/mol. The molecule has 0 saturated heterocycles. The second-order valence-corrected chi connectivity index (χ2v) is 22.7. The summed E-state index contributed by atoms with van der Waals surface area (Å²) in [5.74, 6) is -4.50. The van der Waals surface area contributed by atoms with E-state index in [4.69, 9.17) is 9.47 Å². The molecule has 0 spiro atoms. The Labute approximate surface area is 461 Å². The highest BCUT2D eigenvalue weighted by Gasteiger charge is 2.40. The molecule has 3 rings (SSSR count). The highest BCUT2D eigenvalue weighted by molar-refractivity contribution is 5.99. The molecule has 0 radical (unpaired) electrons. The van der Waals surface area contributed by atoms with Crippen LogP contribution < -0.4 is 57.3 Å². The minimum Gasteiger partial charge on any atom is -0.497 e. The fraction of sp³-hybridized carbons (Fsp3) is 0.632. The van der Waals surface area contributed by atoms with Gasteiger partial charge in [0.1, 0.15) is 46.8 Å². The van der Waals surface area contributed by atoms with Gasteiger partial charge in [-0.2, -0.15) is 0 Å². The lowest BCUT2D eigenvalue weighted by molar-refractivity contribution is -0.138. The minimum atomic E-state index is -1.58. The Morgan fingerprint density at radius 3 is 1.72 bits per heavy atom. The SMILES string of the molecule is CCCC[C@H](CCC)C(=O)NC(COc1ccc(-c2ccc(OC)cc2)cc1)C(=O)NCC(=O)NC(C)(C)C(=O)NCC(=O)NC(CC(C)C)C(=O)NC(C)(C)C(=O)NC(C)(C)C(=O)NCCC(=O)NC1(CN(C)C)CCC1. The van der Waals surface area contributed by atoms with Crippen LogP contribution in [0.3, 0.4) is 0 Å². The molecule has 3 atom stereocenters. The first kappa shape index (κ1) is 65.5. The number of hydrogen-bond acceptors (Lipinski definition) is 12. The Morgan fingerprint density at radius 2 is 1.18 bits per heavy atom. The van der Waals surface area contributed by atoms with Crippen LogP contribution in [0, 0.1) is 11.8 Å². The molecule has 0 aliphatic heterocycles. The number of amides is 9. The fourth-order valence-corrected chi connectivity index (χ4v) is 8.80. The van der Waals surface area contributed by atoms with Gasteiger partial charge in [-0.15, -0.1) is 0 Å². The van der Waals surface area contributed by atoms with E-state index in [0.29, 0.717) is 18.6 Å². The number of ether oxygens (including phenoxy) is 2. The largest absolute Gasteiger partial charge is 0.497 e. The van der Waals surface area contributed by atoms with Crippen molar-refractivity contribution in [1.29, 1.82) is 0 Å². The highest BCUT2D eigenvalue weighted by atomic mass is 16.5. The van der Waals surface area contributed by atoms with Crippen LogP contribution in [0.5, 0.6) is 11.5 Å². The molecule has 2 unspecified atom stereocenters. The Hall–Kier alpha value is -6.77. The van der Waals surface area contributed by atoms with Crippen molar-refractivity contribution in [2.45, 2.75) is 168 Å². The molecule has 0 bridgehead atoms. The van der Waals surface area contributed by atoms with E-state index < -0.39 is 83.1 Å². The molecular weight excluding hydrogens is 1000 g/mol. The Morgan fingerprint density at radius 1 is 0.615 bits per heavy atom. The summed E-state index contributed by atoms with van der Waals surface area (Å²) in [5, 5.41) is 24.2. The number of hydrogen-bond donors (Lipinski definition) is 9. The molecule has 1 saturated carbocycles. The number of carbonyl (C=O) groups excluding carboxylic acids is 9. The van der Waals surface area contributed by atoms with Crippen molar-refractivity contribution in [3.8, 4) is 22.6 Å². The highest BCUT2D eigenvalue weighted by Crippen LogP contribution is 2.32. The lowest BCUT2D eigenvalue weighted by atomic mass is 9.76. The number of carbonyl (C=O) groups is 9. The molecule has 2 aromatic carbocycles. The zero-order valence-corrected chi connectivity index (χ0v) is 48.5. The van der Waals surface area contributed by atoms with Crippen LogP contribution in [-0.2, 0) is 43.2 Å². The van der Waals surface area contributed by atoms with Crippen LogP contribution in [-0.4, -0.2) is 146 Å². The van der Waals surface area contributed by atoms with Gasteiger partial charge >= 0.3 is 0 Å². The molecule has 21 nitrogen and oxygen atoms in total. The summed E-state index contributed by atoms with van der Waals surface area (Å²) in [6.45, 7) is 15.8. The molecular formula is C57H90N10O11. The first-order chi connectivity index (χ1) is 36.5. The van der Waals surface area contributed by atoms with Crippen molar-refractivity contribution in [2.75, 3.05) is 54.0 Å². The van der Waals surface area contributed by atoms with Crippen LogP contribution in [0.4, 0.5) is 0 Å². The summed E-state index contributed by atoms with van der Waals surface area (Å²) < 4.78 is 11.3. The summed E-state index contributed by atoms with van der Waals surface area (Å²) in [6.07, 6.45) is 6.83. The van der Waals surface area contributed by atoms with E-state index in [2.05, 4.69) is 47.9 Å². The number of nitrogens with zero attached hydrogens (tertiary/aromatic N) is 1. The van der Waals surface area contributed by atoms with Gasteiger partial charge in [0.15, 0.2) is 0 Å². The molecule has 9 amide bonds. The molecule has 1 aliphatic carbocycles. The summed E-state index contributed by atoms with van der Waals surface area (Å²) in [5.41, 5.74) is -2.95. The predicted molar refractivity (Wildman–Crippen MR) is 299 cm³/mol. The van der Waals surface area contributed by atoms with E-state index in [1.165, 1.54) is 41.5 Å². The zero-order chi connectivity index (χ0) is 58.4. The molecule has 434 valence electrons. The molecule has 78 heavy (non-hydrogen) atoms. The van der Waals surface area contributed by atoms with Gasteiger partial charge in [-0.1, -0.05) is 71.2 Å².